The summed E-state index contributed by atoms with van der Waals surface area (Å²) in [7, 11) is 0. The summed E-state index contributed by atoms with van der Waals surface area (Å²) in [6, 6.07) is 4.35. The van der Waals surface area contributed by atoms with Gasteiger partial charge in [0.25, 0.3) is 5.91 Å². The third-order valence-corrected chi connectivity index (χ3v) is 3.16. The van der Waals surface area contributed by atoms with Crippen LogP contribution in [0.25, 0.3) is 0 Å². The second kappa shape index (κ2) is 7.24. The first kappa shape index (κ1) is 16.4. The van der Waals surface area contributed by atoms with Crippen molar-refractivity contribution in [3.05, 3.63) is 29.6 Å². The Morgan fingerprint density at radius 2 is 2.05 bits per heavy atom. The average molecular weight is 282 g/mol. The van der Waals surface area contributed by atoms with E-state index in [-0.39, 0.29) is 23.7 Å². The lowest BCUT2D eigenvalue weighted by Gasteiger charge is -2.18. The molecule has 0 radical (unpaired) electrons. The van der Waals surface area contributed by atoms with E-state index in [4.69, 9.17) is 10.5 Å². The highest BCUT2D eigenvalue weighted by molar-refractivity contribution is 5.80. The summed E-state index contributed by atoms with van der Waals surface area (Å²) in [5.74, 6) is -0.709. The van der Waals surface area contributed by atoms with Gasteiger partial charge in [0.15, 0.2) is 17.7 Å². The first-order valence-corrected chi connectivity index (χ1v) is 6.87. The van der Waals surface area contributed by atoms with Crippen molar-refractivity contribution < 1.29 is 13.9 Å². The van der Waals surface area contributed by atoms with Crippen molar-refractivity contribution in [3.8, 4) is 5.75 Å². The van der Waals surface area contributed by atoms with Crippen LogP contribution >= 0.6 is 0 Å². The lowest BCUT2D eigenvalue weighted by molar-refractivity contribution is -0.127. The molecule has 0 aromatic heterocycles. The van der Waals surface area contributed by atoms with E-state index in [1.54, 1.807) is 19.9 Å². The predicted octanol–water partition coefficient (Wildman–Crippen LogP) is 2.53. The Hall–Kier alpha value is -1.62. The highest BCUT2D eigenvalue weighted by Gasteiger charge is 2.18. The molecule has 0 saturated heterocycles. The third kappa shape index (κ3) is 4.49. The lowest BCUT2D eigenvalue weighted by atomic mass is 10.1. The zero-order valence-corrected chi connectivity index (χ0v) is 12.4. The van der Waals surface area contributed by atoms with Crippen molar-refractivity contribution >= 4 is 5.91 Å². The highest BCUT2D eigenvalue weighted by Crippen LogP contribution is 2.22. The molecule has 0 aliphatic heterocycles. The van der Waals surface area contributed by atoms with Crippen molar-refractivity contribution in [2.75, 3.05) is 0 Å². The van der Waals surface area contributed by atoms with Gasteiger partial charge in [-0.05, 0) is 44.9 Å². The van der Waals surface area contributed by atoms with Crippen LogP contribution in [0, 0.1) is 5.82 Å². The van der Waals surface area contributed by atoms with Gasteiger partial charge in [-0.3, -0.25) is 4.79 Å². The number of hydrogen-bond acceptors (Lipinski definition) is 3. The minimum absolute atomic E-state index is 0.0567. The molecule has 1 rings (SSSR count). The molecule has 0 fully saturated rings. The summed E-state index contributed by atoms with van der Waals surface area (Å²) >= 11 is 0. The van der Waals surface area contributed by atoms with Crippen molar-refractivity contribution in [1.29, 1.82) is 0 Å². The molecule has 0 aliphatic carbocycles. The standard InChI is InChI=1S/C15H23FN2O2/c1-5-9(2)18-15(19)11(4)20-14-7-6-12(10(3)17)8-13(14)16/h6-11H,5,17H2,1-4H3,(H,18,19)/t9?,10-,11?/m0/s1. The quantitative estimate of drug-likeness (QED) is 0.842. The minimum Gasteiger partial charge on any atom is -0.478 e. The number of rotatable bonds is 6. The van der Waals surface area contributed by atoms with E-state index in [9.17, 15) is 9.18 Å². The number of halogens is 1. The summed E-state index contributed by atoms with van der Waals surface area (Å²) < 4.78 is 19.2. The molecule has 1 aromatic carbocycles. The number of carbonyl (C=O) groups is 1. The fraction of sp³-hybridized carbons (Fsp3) is 0.533. The van der Waals surface area contributed by atoms with Gasteiger partial charge in [0, 0.05) is 12.1 Å². The number of nitrogens with one attached hydrogen (secondary N) is 1. The van der Waals surface area contributed by atoms with E-state index in [0.717, 1.165) is 6.42 Å². The molecule has 0 spiro atoms. The maximum absolute atomic E-state index is 13.9. The van der Waals surface area contributed by atoms with Crippen LogP contribution in [0.3, 0.4) is 0 Å². The summed E-state index contributed by atoms with van der Waals surface area (Å²) in [6.45, 7) is 7.25. The van der Waals surface area contributed by atoms with E-state index in [1.165, 1.54) is 12.1 Å². The van der Waals surface area contributed by atoms with E-state index in [1.807, 2.05) is 13.8 Å². The Bertz CT molecular complexity index is 463. The van der Waals surface area contributed by atoms with Gasteiger partial charge in [0.05, 0.1) is 0 Å². The molecule has 0 bridgehead atoms. The van der Waals surface area contributed by atoms with Gasteiger partial charge in [0.1, 0.15) is 0 Å². The maximum atomic E-state index is 13.9. The van der Waals surface area contributed by atoms with Gasteiger partial charge < -0.3 is 15.8 Å². The molecule has 5 heteroatoms. The lowest BCUT2D eigenvalue weighted by Crippen LogP contribution is -2.41. The number of benzene rings is 1. The fourth-order valence-corrected chi connectivity index (χ4v) is 1.60. The molecule has 0 saturated carbocycles. The van der Waals surface area contributed by atoms with Crippen molar-refractivity contribution in [2.24, 2.45) is 5.73 Å². The topological polar surface area (TPSA) is 64.3 Å². The molecule has 1 amide bonds. The number of carbonyl (C=O) groups excluding carboxylic acids is 1. The van der Waals surface area contributed by atoms with Crippen molar-refractivity contribution in [3.63, 3.8) is 0 Å². The van der Waals surface area contributed by atoms with Crippen LogP contribution in [-0.2, 0) is 4.79 Å². The van der Waals surface area contributed by atoms with Gasteiger partial charge in [-0.2, -0.15) is 0 Å². The smallest absolute Gasteiger partial charge is 0.260 e. The molecule has 0 heterocycles. The first-order valence-electron chi connectivity index (χ1n) is 6.87. The Morgan fingerprint density at radius 1 is 1.40 bits per heavy atom. The largest absolute Gasteiger partial charge is 0.478 e. The molecule has 0 aliphatic rings. The zero-order chi connectivity index (χ0) is 15.3. The second-order valence-corrected chi connectivity index (χ2v) is 5.06. The van der Waals surface area contributed by atoms with Crippen LogP contribution in [0.4, 0.5) is 4.39 Å². The van der Waals surface area contributed by atoms with Gasteiger partial charge in [-0.1, -0.05) is 13.0 Å². The maximum Gasteiger partial charge on any atom is 0.260 e. The molecule has 112 valence electrons. The summed E-state index contributed by atoms with van der Waals surface area (Å²) in [5.41, 5.74) is 6.37. The fourth-order valence-electron chi connectivity index (χ4n) is 1.60. The van der Waals surface area contributed by atoms with Crippen LogP contribution in [-0.4, -0.2) is 18.1 Å². The van der Waals surface area contributed by atoms with Gasteiger partial charge >= 0.3 is 0 Å². The number of amides is 1. The highest BCUT2D eigenvalue weighted by atomic mass is 19.1. The normalized spacial score (nSPS) is 15.3. The molecular formula is C15H23FN2O2. The average Bonchev–Trinajstić information content (AvgIpc) is 2.40. The monoisotopic (exact) mass is 282 g/mol. The van der Waals surface area contributed by atoms with Crippen LogP contribution in [0.2, 0.25) is 0 Å². The zero-order valence-electron chi connectivity index (χ0n) is 12.4. The van der Waals surface area contributed by atoms with Gasteiger partial charge in [-0.25, -0.2) is 4.39 Å². The van der Waals surface area contributed by atoms with Crippen LogP contribution in [0.15, 0.2) is 18.2 Å². The molecule has 2 unspecified atom stereocenters. The molecule has 3 N–H and O–H groups in total. The molecule has 3 atom stereocenters. The number of nitrogens with two attached hydrogens (primary N) is 1. The van der Waals surface area contributed by atoms with E-state index < -0.39 is 11.9 Å². The minimum atomic E-state index is -0.750. The second-order valence-electron chi connectivity index (χ2n) is 5.06. The Labute approximate surface area is 119 Å². The molecule has 4 nitrogen and oxygen atoms in total. The first-order chi connectivity index (χ1) is 9.35. The molecule has 20 heavy (non-hydrogen) atoms. The summed E-state index contributed by atoms with van der Waals surface area (Å²) in [5, 5.41) is 2.79. The molecule has 1 aromatic rings. The van der Waals surface area contributed by atoms with Gasteiger partial charge in [-0.15, -0.1) is 0 Å². The van der Waals surface area contributed by atoms with Crippen molar-refractivity contribution in [2.45, 2.75) is 52.3 Å². The Morgan fingerprint density at radius 3 is 2.55 bits per heavy atom. The van der Waals surface area contributed by atoms with Crippen LogP contribution in [0.5, 0.6) is 5.75 Å². The van der Waals surface area contributed by atoms with Crippen molar-refractivity contribution in [1.82, 2.24) is 5.32 Å². The van der Waals surface area contributed by atoms with Crippen LogP contribution < -0.4 is 15.8 Å². The Kier molecular flexibility index (Phi) is 5.95. The van der Waals surface area contributed by atoms with E-state index in [2.05, 4.69) is 5.32 Å². The third-order valence-electron chi connectivity index (χ3n) is 3.16. The Balaban J connectivity index is 2.71. The summed E-state index contributed by atoms with van der Waals surface area (Å²) in [6.07, 6.45) is 0.0789. The van der Waals surface area contributed by atoms with Gasteiger partial charge in [0.2, 0.25) is 0 Å². The summed E-state index contributed by atoms with van der Waals surface area (Å²) in [4.78, 5) is 11.8. The molecular weight excluding hydrogens is 259 g/mol. The van der Waals surface area contributed by atoms with Crippen LogP contribution in [0.1, 0.15) is 45.7 Å². The predicted molar refractivity (Wildman–Crippen MR) is 77.0 cm³/mol. The SMILES string of the molecule is CCC(C)NC(=O)C(C)Oc1ccc([C@H](C)N)cc1F. The number of hydrogen-bond donors (Lipinski definition) is 2. The van der Waals surface area contributed by atoms with E-state index in [0.29, 0.717) is 5.56 Å². The van der Waals surface area contributed by atoms with E-state index >= 15 is 0 Å². The number of ether oxygens (including phenoxy) is 1.